The molecule has 0 aliphatic carbocycles. The van der Waals surface area contributed by atoms with Crippen molar-refractivity contribution >= 4 is 5.69 Å². The number of aromatic nitrogens is 2. The lowest BCUT2D eigenvalue weighted by atomic mass is 10.6. The van der Waals surface area contributed by atoms with Gasteiger partial charge in [-0.25, -0.2) is 9.07 Å². The lowest BCUT2D eigenvalue weighted by Crippen LogP contribution is -1.90. The van der Waals surface area contributed by atoms with Crippen molar-refractivity contribution in [2.45, 2.75) is 6.80 Å². The van der Waals surface area contributed by atoms with E-state index in [1.54, 1.807) is 0 Å². The summed E-state index contributed by atoms with van der Waals surface area (Å²) in [6, 6.07) is 0. The highest BCUT2D eigenvalue weighted by Crippen LogP contribution is 1.96. The van der Waals surface area contributed by atoms with Crippen LogP contribution in [0.15, 0.2) is 12.4 Å². The molecule has 4 heteroatoms. The summed E-state index contributed by atoms with van der Waals surface area (Å²) in [6.45, 7) is -0.614. The van der Waals surface area contributed by atoms with E-state index in [9.17, 15) is 4.39 Å². The van der Waals surface area contributed by atoms with Crippen LogP contribution in [0.4, 0.5) is 10.1 Å². The highest BCUT2D eigenvalue weighted by molar-refractivity contribution is 5.30. The van der Waals surface area contributed by atoms with Crippen LogP contribution in [0.25, 0.3) is 0 Å². The second kappa shape index (κ2) is 1.81. The number of nitrogens with zero attached hydrogens (tertiary/aromatic N) is 2. The molecule has 0 fully saturated rings. The summed E-state index contributed by atoms with van der Waals surface area (Å²) in [7, 11) is 0. The second-order valence-corrected chi connectivity index (χ2v) is 1.43. The standard InChI is InChI=1S/C4H6FN3/c5-3-8-2-4(6)1-7-8/h1-2H,3,6H2. The Balaban J connectivity index is 2.84. The van der Waals surface area contributed by atoms with Crippen LogP contribution in [0.2, 0.25) is 0 Å². The number of nitrogen functional groups attached to an aromatic ring is 1. The van der Waals surface area contributed by atoms with Crippen molar-refractivity contribution in [1.82, 2.24) is 9.78 Å². The van der Waals surface area contributed by atoms with Gasteiger partial charge in [-0.1, -0.05) is 0 Å². The zero-order valence-electron chi connectivity index (χ0n) is 4.21. The lowest BCUT2D eigenvalue weighted by Gasteiger charge is -1.85. The molecule has 0 saturated heterocycles. The van der Waals surface area contributed by atoms with Crippen LogP contribution >= 0.6 is 0 Å². The van der Waals surface area contributed by atoms with Crippen molar-refractivity contribution in [3.05, 3.63) is 12.4 Å². The minimum Gasteiger partial charge on any atom is -0.396 e. The summed E-state index contributed by atoms with van der Waals surface area (Å²) < 4.78 is 12.7. The van der Waals surface area contributed by atoms with Crippen LogP contribution in [-0.2, 0) is 6.80 Å². The Kier molecular flexibility index (Phi) is 1.15. The van der Waals surface area contributed by atoms with E-state index in [4.69, 9.17) is 5.73 Å². The zero-order chi connectivity index (χ0) is 5.98. The average molecular weight is 115 g/mol. The fraction of sp³-hybridized carbons (Fsp3) is 0.250. The number of alkyl halides is 1. The Morgan fingerprint density at radius 3 is 2.88 bits per heavy atom. The molecule has 0 aliphatic heterocycles. The van der Waals surface area contributed by atoms with Crippen molar-refractivity contribution in [2.75, 3.05) is 5.73 Å². The van der Waals surface area contributed by atoms with E-state index in [1.165, 1.54) is 12.4 Å². The van der Waals surface area contributed by atoms with E-state index >= 15 is 0 Å². The van der Waals surface area contributed by atoms with Gasteiger partial charge in [-0.2, -0.15) is 5.10 Å². The molecule has 1 heterocycles. The summed E-state index contributed by atoms with van der Waals surface area (Å²) in [5.41, 5.74) is 5.69. The zero-order valence-corrected chi connectivity index (χ0v) is 4.21. The van der Waals surface area contributed by atoms with Crippen LogP contribution < -0.4 is 5.73 Å². The maximum Gasteiger partial charge on any atom is 0.181 e. The van der Waals surface area contributed by atoms with Crippen LogP contribution in [0, 0.1) is 0 Å². The molecule has 0 saturated carbocycles. The Bertz CT molecular complexity index is 172. The molecule has 0 spiro atoms. The van der Waals surface area contributed by atoms with Gasteiger partial charge in [0.25, 0.3) is 0 Å². The molecule has 0 aliphatic rings. The molecule has 8 heavy (non-hydrogen) atoms. The van der Waals surface area contributed by atoms with Gasteiger partial charge in [0.1, 0.15) is 0 Å². The van der Waals surface area contributed by atoms with Crippen LogP contribution in [0.3, 0.4) is 0 Å². The van der Waals surface area contributed by atoms with Gasteiger partial charge in [-0.3, -0.25) is 0 Å². The van der Waals surface area contributed by atoms with Gasteiger partial charge in [-0.05, 0) is 0 Å². The molecule has 3 nitrogen and oxygen atoms in total. The first-order chi connectivity index (χ1) is 3.83. The van der Waals surface area contributed by atoms with Gasteiger partial charge < -0.3 is 5.73 Å². The topological polar surface area (TPSA) is 43.8 Å². The number of hydrogen-bond donors (Lipinski definition) is 1. The summed E-state index contributed by atoms with van der Waals surface area (Å²) in [4.78, 5) is 0. The van der Waals surface area contributed by atoms with E-state index in [1.807, 2.05) is 0 Å². The SMILES string of the molecule is Nc1cnn(CF)c1. The number of halogens is 1. The molecule has 2 N–H and O–H groups in total. The third-order valence-electron chi connectivity index (χ3n) is 0.776. The normalized spacial score (nSPS) is 9.62. The van der Waals surface area contributed by atoms with E-state index in [2.05, 4.69) is 5.10 Å². The maximum absolute atomic E-state index is 11.6. The van der Waals surface area contributed by atoms with E-state index in [0.29, 0.717) is 5.69 Å². The van der Waals surface area contributed by atoms with Crippen molar-refractivity contribution in [3.8, 4) is 0 Å². The van der Waals surface area contributed by atoms with E-state index in [-0.39, 0.29) is 0 Å². The molecule has 1 aromatic rings. The minimum absolute atomic E-state index is 0.489. The van der Waals surface area contributed by atoms with E-state index < -0.39 is 6.80 Å². The van der Waals surface area contributed by atoms with Crippen molar-refractivity contribution < 1.29 is 4.39 Å². The fourth-order valence-electron chi connectivity index (χ4n) is 0.445. The van der Waals surface area contributed by atoms with Gasteiger partial charge in [-0.15, -0.1) is 0 Å². The highest BCUT2D eigenvalue weighted by Gasteiger charge is 1.88. The molecule has 0 radical (unpaired) electrons. The van der Waals surface area contributed by atoms with Crippen LogP contribution in [0.1, 0.15) is 0 Å². The first-order valence-corrected chi connectivity index (χ1v) is 2.17. The van der Waals surface area contributed by atoms with Gasteiger partial charge in [0.15, 0.2) is 6.80 Å². The van der Waals surface area contributed by atoms with Crippen LogP contribution in [0.5, 0.6) is 0 Å². The third-order valence-corrected chi connectivity index (χ3v) is 0.776. The summed E-state index contributed by atoms with van der Waals surface area (Å²) in [5.74, 6) is 0. The number of rotatable bonds is 1. The Labute approximate surface area is 45.9 Å². The molecule has 0 amide bonds. The highest BCUT2D eigenvalue weighted by atomic mass is 19.1. The molecular weight excluding hydrogens is 109 g/mol. The molecular formula is C4H6FN3. The smallest absolute Gasteiger partial charge is 0.181 e. The monoisotopic (exact) mass is 115 g/mol. The Morgan fingerprint density at radius 1 is 1.88 bits per heavy atom. The number of anilines is 1. The average Bonchev–Trinajstić information content (AvgIpc) is 2.14. The number of hydrogen-bond acceptors (Lipinski definition) is 2. The molecule has 1 rings (SSSR count). The fourth-order valence-corrected chi connectivity index (χ4v) is 0.445. The molecule has 0 aromatic carbocycles. The third kappa shape index (κ3) is 0.776. The second-order valence-electron chi connectivity index (χ2n) is 1.43. The molecule has 0 unspecified atom stereocenters. The maximum atomic E-state index is 11.6. The van der Waals surface area contributed by atoms with Gasteiger partial charge in [0.05, 0.1) is 18.1 Å². The largest absolute Gasteiger partial charge is 0.396 e. The minimum atomic E-state index is -0.614. The Hall–Kier alpha value is -1.06. The van der Waals surface area contributed by atoms with Crippen molar-refractivity contribution in [2.24, 2.45) is 0 Å². The summed E-state index contributed by atoms with van der Waals surface area (Å²) in [5, 5.41) is 3.55. The lowest BCUT2D eigenvalue weighted by molar-refractivity contribution is 0.350. The number of nitrogens with two attached hydrogens (primary N) is 1. The quantitative estimate of drug-likeness (QED) is 0.575. The first kappa shape index (κ1) is 5.08. The molecule has 0 bridgehead atoms. The van der Waals surface area contributed by atoms with Crippen molar-refractivity contribution in [3.63, 3.8) is 0 Å². The van der Waals surface area contributed by atoms with Gasteiger partial charge in [0.2, 0.25) is 0 Å². The predicted octanol–water partition coefficient (Wildman–Crippen LogP) is 0.392. The van der Waals surface area contributed by atoms with E-state index in [0.717, 1.165) is 4.68 Å². The molecule has 1 aromatic heterocycles. The van der Waals surface area contributed by atoms with Gasteiger partial charge in [0, 0.05) is 0 Å². The van der Waals surface area contributed by atoms with Crippen LogP contribution in [-0.4, -0.2) is 9.78 Å². The van der Waals surface area contributed by atoms with Gasteiger partial charge >= 0.3 is 0 Å². The predicted molar refractivity (Wildman–Crippen MR) is 27.7 cm³/mol. The summed E-state index contributed by atoms with van der Waals surface area (Å²) in [6.07, 6.45) is 2.83. The molecule has 0 atom stereocenters. The molecule has 44 valence electrons. The summed E-state index contributed by atoms with van der Waals surface area (Å²) >= 11 is 0. The Morgan fingerprint density at radius 2 is 2.62 bits per heavy atom. The first-order valence-electron chi connectivity index (χ1n) is 2.17. The van der Waals surface area contributed by atoms with Crippen molar-refractivity contribution in [1.29, 1.82) is 0 Å².